The average molecular weight is 359 g/mol. The van der Waals surface area contributed by atoms with E-state index in [-0.39, 0.29) is 36.3 Å². The minimum absolute atomic E-state index is 0. The Labute approximate surface area is 149 Å². The highest BCUT2D eigenvalue weighted by molar-refractivity contribution is 5.85. The summed E-state index contributed by atoms with van der Waals surface area (Å²) in [5, 5.41) is 0. The normalized spacial score (nSPS) is 20.5. The molecule has 0 spiro atoms. The Morgan fingerprint density at radius 2 is 1.88 bits per heavy atom. The van der Waals surface area contributed by atoms with Crippen LogP contribution in [0.5, 0.6) is 0 Å². The Morgan fingerprint density at radius 1 is 1.21 bits per heavy atom. The predicted octanol–water partition coefficient (Wildman–Crippen LogP) is 3.45. The van der Waals surface area contributed by atoms with Crippen LogP contribution in [-0.2, 0) is 9.53 Å². The quantitative estimate of drug-likeness (QED) is 0.759. The average Bonchev–Trinajstić information content (AvgIpc) is 2.54. The number of nitrogens with zero attached hydrogens (tertiary/aromatic N) is 1. The number of carbonyl (C=O) groups is 1. The number of hydrogen-bond acceptors (Lipinski definition) is 3. The highest BCUT2D eigenvalue weighted by Gasteiger charge is 2.28. The van der Waals surface area contributed by atoms with Gasteiger partial charge >= 0.3 is 0 Å². The largest absolute Gasteiger partial charge is 0.367 e. The van der Waals surface area contributed by atoms with E-state index in [1.54, 1.807) is 12.1 Å². The molecule has 0 aromatic heterocycles. The van der Waals surface area contributed by atoms with Crippen LogP contribution in [0.4, 0.5) is 4.39 Å². The standard InChI is InChI=1S/C18H27FN2O2.ClH/c1-14-12-21(18(22)6-4-2-3-5-11-20)13-17(23-14)15-7-9-16(19)10-8-15;/h7-10,14,17H,2-6,11-13,20H2,1H3;1H. The van der Waals surface area contributed by atoms with Crippen molar-refractivity contribution in [3.63, 3.8) is 0 Å². The summed E-state index contributed by atoms with van der Waals surface area (Å²) in [6.45, 7) is 3.85. The first-order chi connectivity index (χ1) is 11.1. The second-order valence-corrected chi connectivity index (χ2v) is 6.24. The molecule has 0 saturated carbocycles. The third kappa shape index (κ3) is 6.38. The van der Waals surface area contributed by atoms with Crippen LogP contribution in [0.3, 0.4) is 0 Å². The van der Waals surface area contributed by atoms with Crippen LogP contribution in [0.2, 0.25) is 0 Å². The summed E-state index contributed by atoms with van der Waals surface area (Å²) >= 11 is 0. The lowest BCUT2D eigenvalue weighted by atomic mass is 10.1. The molecule has 4 nitrogen and oxygen atoms in total. The number of rotatable bonds is 7. The molecule has 136 valence electrons. The molecule has 1 aliphatic rings. The van der Waals surface area contributed by atoms with Crippen LogP contribution >= 0.6 is 12.4 Å². The van der Waals surface area contributed by atoms with E-state index in [0.717, 1.165) is 31.2 Å². The maximum atomic E-state index is 13.1. The predicted molar refractivity (Wildman–Crippen MR) is 95.7 cm³/mol. The van der Waals surface area contributed by atoms with Crippen molar-refractivity contribution < 1.29 is 13.9 Å². The lowest BCUT2D eigenvalue weighted by Gasteiger charge is -2.37. The number of carbonyl (C=O) groups excluding carboxylic acids is 1. The van der Waals surface area contributed by atoms with Crippen LogP contribution in [0.25, 0.3) is 0 Å². The third-order valence-electron chi connectivity index (χ3n) is 4.20. The molecule has 1 saturated heterocycles. The van der Waals surface area contributed by atoms with E-state index >= 15 is 0 Å². The minimum Gasteiger partial charge on any atom is -0.367 e. The lowest BCUT2D eigenvalue weighted by Crippen LogP contribution is -2.45. The number of ether oxygens (including phenoxy) is 1. The molecular formula is C18H28ClFN2O2. The maximum absolute atomic E-state index is 13.1. The van der Waals surface area contributed by atoms with E-state index in [0.29, 0.717) is 26.1 Å². The number of morpholine rings is 1. The molecule has 24 heavy (non-hydrogen) atoms. The Balaban J connectivity index is 0.00000288. The van der Waals surface area contributed by atoms with Gasteiger partial charge in [0.15, 0.2) is 0 Å². The number of nitrogens with two attached hydrogens (primary N) is 1. The van der Waals surface area contributed by atoms with Gasteiger partial charge in [0.25, 0.3) is 0 Å². The Hall–Kier alpha value is -1.17. The highest BCUT2D eigenvalue weighted by atomic mass is 35.5. The molecule has 2 atom stereocenters. The number of benzene rings is 1. The number of unbranched alkanes of at least 4 members (excludes halogenated alkanes) is 3. The van der Waals surface area contributed by atoms with Crippen molar-refractivity contribution in [2.45, 2.75) is 51.2 Å². The summed E-state index contributed by atoms with van der Waals surface area (Å²) in [6.07, 6.45) is 4.45. The summed E-state index contributed by atoms with van der Waals surface area (Å²) < 4.78 is 19.0. The van der Waals surface area contributed by atoms with E-state index in [1.807, 2.05) is 11.8 Å². The molecule has 2 N–H and O–H groups in total. The summed E-state index contributed by atoms with van der Waals surface area (Å²) in [6, 6.07) is 6.32. The molecule has 1 fully saturated rings. The first kappa shape index (κ1) is 20.9. The van der Waals surface area contributed by atoms with Crippen molar-refractivity contribution in [3.05, 3.63) is 35.6 Å². The van der Waals surface area contributed by atoms with Gasteiger partial charge in [0.05, 0.1) is 12.6 Å². The zero-order valence-corrected chi connectivity index (χ0v) is 15.1. The van der Waals surface area contributed by atoms with Gasteiger partial charge in [-0.2, -0.15) is 0 Å². The van der Waals surface area contributed by atoms with Gasteiger partial charge < -0.3 is 15.4 Å². The lowest BCUT2D eigenvalue weighted by molar-refractivity contribution is -0.145. The van der Waals surface area contributed by atoms with Crippen LogP contribution in [-0.4, -0.2) is 36.5 Å². The Morgan fingerprint density at radius 3 is 2.54 bits per heavy atom. The fraction of sp³-hybridized carbons (Fsp3) is 0.611. The van der Waals surface area contributed by atoms with Crippen LogP contribution in [0.1, 0.15) is 50.7 Å². The topological polar surface area (TPSA) is 55.6 Å². The molecule has 1 aliphatic heterocycles. The molecule has 1 aromatic carbocycles. The van der Waals surface area contributed by atoms with Gasteiger partial charge in [-0.1, -0.05) is 25.0 Å². The molecule has 0 radical (unpaired) electrons. The first-order valence-electron chi connectivity index (χ1n) is 8.49. The van der Waals surface area contributed by atoms with E-state index in [9.17, 15) is 9.18 Å². The zero-order valence-electron chi connectivity index (χ0n) is 14.2. The smallest absolute Gasteiger partial charge is 0.222 e. The van der Waals surface area contributed by atoms with Crippen molar-refractivity contribution in [1.29, 1.82) is 0 Å². The van der Waals surface area contributed by atoms with Gasteiger partial charge in [0.2, 0.25) is 5.91 Å². The van der Waals surface area contributed by atoms with Crippen LogP contribution < -0.4 is 5.73 Å². The molecular weight excluding hydrogens is 331 g/mol. The van der Waals surface area contributed by atoms with Crippen molar-refractivity contribution >= 4 is 18.3 Å². The molecule has 0 aliphatic carbocycles. The summed E-state index contributed by atoms with van der Waals surface area (Å²) in [4.78, 5) is 14.3. The fourth-order valence-corrected chi connectivity index (χ4v) is 2.95. The van der Waals surface area contributed by atoms with E-state index in [4.69, 9.17) is 10.5 Å². The fourth-order valence-electron chi connectivity index (χ4n) is 2.95. The Kier molecular flexibility index (Phi) is 9.26. The van der Waals surface area contributed by atoms with Gasteiger partial charge in [0, 0.05) is 13.0 Å². The second kappa shape index (κ2) is 10.6. The van der Waals surface area contributed by atoms with E-state index in [2.05, 4.69) is 0 Å². The summed E-state index contributed by atoms with van der Waals surface area (Å²) in [7, 11) is 0. The number of halogens is 2. The van der Waals surface area contributed by atoms with Crippen LogP contribution in [0, 0.1) is 5.82 Å². The SMILES string of the molecule is CC1CN(C(=O)CCCCCCN)CC(c2ccc(F)cc2)O1.Cl. The van der Waals surface area contributed by atoms with Crippen molar-refractivity contribution in [2.75, 3.05) is 19.6 Å². The Bertz CT molecular complexity index is 498. The monoisotopic (exact) mass is 358 g/mol. The van der Waals surface area contributed by atoms with Gasteiger partial charge in [0.1, 0.15) is 11.9 Å². The first-order valence-corrected chi connectivity index (χ1v) is 8.49. The second-order valence-electron chi connectivity index (χ2n) is 6.24. The third-order valence-corrected chi connectivity index (χ3v) is 4.20. The highest BCUT2D eigenvalue weighted by Crippen LogP contribution is 2.26. The number of amides is 1. The van der Waals surface area contributed by atoms with Crippen molar-refractivity contribution in [3.8, 4) is 0 Å². The summed E-state index contributed by atoms with van der Waals surface area (Å²) in [5.74, 6) is -0.0805. The molecule has 1 amide bonds. The van der Waals surface area contributed by atoms with Gasteiger partial charge in [-0.25, -0.2) is 4.39 Å². The molecule has 2 unspecified atom stereocenters. The van der Waals surface area contributed by atoms with Crippen molar-refractivity contribution in [1.82, 2.24) is 4.90 Å². The summed E-state index contributed by atoms with van der Waals surface area (Å²) in [5.41, 5.74) is 6.39. The van der Waals surface area contributed by atoms with Gasteiger partial charge in [-0.05, 0) is 44.0 Å². The minimum atomic E-state index is -0.261. The maximum Gasteiger partial charge on any atom is 0.222 e. The van der Waals surface area contributed by atoms with E-state index < -0.39 is 0 Å². The molecule has 6 heteroatoms. The van der Waals surface area contributed by atoms with Gasteiger partial charge in [-0.3, -0.25) is 4.79 Å². The van der Waals surface area contributed by atoms with E-state index in [1.165, 1.54) is 12.1 Å². The molecule has 2 rings (SSSR count). The van der Waals surface area contributed by atoms with Crippen molar-refractivity contribution in [2.24, 2.45) is 5.73 Å². The van der Waals surface area contributed by atoms with Crippen LogP contribution in [0.15, 0.2) is 24.3 Å². The zero-order chi connectivity index (χ0) is 16.7. The molecule has 1 heterocycles. The van der Waals surface area contributed by atoms with Gasteiger partial charge in [-0.15, -0.1) is 12.4 Å². The molecule has 0 bridgehead atoms. The molecule has 1 aromatic rings. The number of hydrogen-bond donors (Lipinski definition) is 1.